The van der Waals surface area contributed by atoms with Gasteiger partial charge in [-0.25, -0.2) is 9.78 Å². The fourth-order valence-corrected chi connectivity index (χ4v) is 2.59. The molecule has 1 aromatic heterocycles. The van der Waals surface area contributed by atoms with E-state index in [-0.39, 0.29) is 12.1 Å². The maximum Gasteiger partial charge on any atom is 0.321 e. The molecule has 1 aliphatic heterocycles. The summed E-state index contributed by atoms with van der Waals surface area (Å²) in [7, 11) is 0. The number of nitrogens with one attached hydrogen (secondary N) is 2. The molecule has 5 nitrogen and oxygen atoms in total. The van der Waals surface area contributed by atoms with Crippen molar-refractivity contribution in [3.05, 3.63) is 11.6 Å². The first-order valence-electron chi connectivity index (χ1n) is 5.97. The van der Waals surface area contributed by atoms with Crippen molar-refractivity contribution in [2.75, 3.05) is 25.0 Å². The molecule has 0 spiro atoms. The summed E-state index contributed by atoms with van der Waals surface area (Å²) in [5.41, 5.74) is 0. The Morgan fingerprint density at radius 2 is 2.59 bits per heavy atom. The molecule has 1 fully saturated rings. The third-order valence-corrected chi connectivity index (χ3v) is 3.63. The summed E-state index contributed by atoms with van der Waals surface area (Å²) in [5, 5.41) is 8.22. The molecule has 1 atom stereocenters. The van der Waals surface area contributed by atoms with Crippen LogP contribution in [0.15, 0.2) is 11.6 Å². The van der Waals surface area contributed by atoms with Crippen LogP contribution >= 0.6 is 11.3 Å². The van der Waals surface area contributed by atoms with Crippen LogP contribution in [-0.2, 0) is 0 Å². The van der Waals surface area contributed by atoms with Crippen LogP contribution in [0.4, 0.5) is 9.93 Å². The first kappa shape index (κ1) is 12.3. The number of aromatic nitrogens is 1. The van der Waals surface area contributed by atoms with Crippen molar-refractivity contribution in [1.82, 2.24) is 15.2 Å². The molecule has 2 N–H and O–H groups in total. The topological polar surface area (TPSA) is 57.3 Å². The fourth-order valence-electron chi connectivity index (χ4n) is 2.06. The highest BCUT2D eigenvalue weighted by molar-refractivity contribution is 7.13. The van der Waals surface area contributed by atoms with Gasteiger partial charge in [-0.15, -0.1) is 11.3 Å². The van der Waals surface area contributed by atoms with Gasteiger partial charge < -0.3 is 10.2 Å². The molecule has 2 amide bonds. The van der Waals surface area contributed by atoms with Gasteiger partial charge in [-0.3, -0.25) is 5.32 Å². The van der Waals surface area contributed by atoms with Gasteiger partial charge in [0.25, 0.3) is 0 Å². The third-order valence-electron chi connectivity index (χ3n) is 2.94. The lowest BCUT2D eigenvalue weighted by molar-refractivity contribution is 0.196. The van der Waals surface area contributed by atoms with Crippen LogP contribution < -0.4 is 10.6 Å². The van der Waals surface area contributed by atoms with Crippen LogP contribution in [0.5, 0.6) is 0 Å². The van der Waals surface area contributed by atoms with E-state index in [1.54, 1.807) is 6.20 Å². The SMILES string of the molecule is CCN1CCCC(NC(=O)Nc2nccs2)C1. The van der Waals surface area contributed by atoms with Gasteiger partial charge in [0.05, 0.1) is 0 Å². The van der Waals surface area contributed by atoms with E-state index in [4.69, 9.17) is 0 Å². The summed E-state index contributed by atoms with van der Waals surface area (Å²) in [6.07, 6.45) is 3.89. The zero-order valence-electron chi connectivity index (χ0n) is 9.98. The minimum atomic E-state index is -0.150. The summed E-state index contributed by atoms with van der Waals surface area (Å²) >= 11 is 1.42. The standard InChI is InChI=1S/C11H18N4OS/c1-2-15-6-3-4-9(8-15)13-10(16)14-11-12-5-7-17-11/h5,7,9H,2-4,6,8H2,1H3,(H2,12,13,14,16). The van der Waals surface area contributed by atoms with E-state index < -0.39 is 0 Å². The summed E-state index contributed by atoms with van der Waals surface area (Å²) in [5.74, 6) is 0. The van der Waals surface area contributed by atoms with Crippen LogP contribution in [0.1, 0.15) is 19.8 Å². The van der Waals surface area contributed by atoms with Gasteiger partial charge >= 0.3 is 6.03 Å². The molecule has 1 saturated heterocycles. The monoisotopic (exact) mass is 254 g/mol. The van der Waals surface area contributed by atoms with Crippen LogP contribution in [0.25, 0.3) is 0 Å². The number of carbonyl (C=O) groups excluding carboxylic acids is 1. The molecule has 17 heavy (non-hydrogen) atoms. The van der Waals surface area contributed by atoms with Crippen molar-refractivity contribution in [1.29, 1.82) is 0 Å². The second kappa shape index (κ2) is 5.97. The smallest absolute Gasteiger partial charge is 0.321 e. The van der Waals surface area contributed by atoms with Crippen molar-refractivity contribution in [2.24, 2.45) is 0 Å². The molecule has 94 valence electrons. The van der Waals surface area contributed by atoms with E-state index in [0.29, 0.717) is 5.13 Å². The van der Waals surface area contributed by atoms with Crippen LogP contribution in [0.3, 0.4) is 0 Å². The number of rotatable bonds is 3. The minimum absolute atomic E-state index is 0.150. The number of likely N-dealkylation sites (tertiary alicyclic amines) is 1. The summed E-state index contributed by atoms with van der Waals surface area (Å²) in [4.78, 5) is 18.1. The average molecular weight is 254 g/mol. The highest BCUT2D eigenvalue weighted by Gasteiger charge is 2.20. The Morgan fingerprint density at radius 1 is 1.71 bits per heavy atom. The van der Waals surface area contributed by atoms with Gasteiger partial charge in [-0.2, -0.15) is 0 Å². The van der Waals surface area contributed by atoms with E-state index >= 15 is 0 Å². The second-order valence-corrected chi connectivity index (χ2v) is 5.06. The number of amides is 2. The number of hydrogen-bond acceptors (Lipinski definition) is 4. The number of likely N-dealkylation sites (N-methyl/N-ethyl adjacent to an activating group) is 1. The predicted molar refractivity (Wildman–Crippen MR) is 69.4 cm³/mol. The number of thiazole rings is 1. The zero-order valence-corrected chi connectivity index (χ0v) is 10.8. The molecule has 0 radical (unpaired) electrons. The maximum absolute atomic E-state index is 11.7. The second-order valence-electron chi connectivity index (χ2n) is 4.17. The molecular weight excluding hydrogens is 236 g/mol. The van der Waals surface area contributed by atoms with E-state index in [1.807, 2.05) is 5.38 Å². The van der Waals surface area contributed by atoms with E-state index in [1.165, 1.54) is 11.3 Å². The predicted octanol–water partition coefficient (Wildman–Crippen LogP) is 1.75. The van der Waals surface area contributed by atoms with Gasteiger partial charge in [0.2, 0.25) is 0 Å². The van der Waals surface area contributed by atoms with Crippen molar-refractivity contribution in [2.45, 2.75) is 25.8 Å². The largest absolute Gasteiger partial charge is 0.334 e. The number of hydrogen-bond donors (Lipinski definition) is 2. The first-order valence-corrected chi connectivity index (χ1v) is 6.85. The quantitative estimate of drug-likeness (QED) is 0.864. The highest BCUT2D eigenvalue weighted by atomic mass is 32.1. The van der Waals surface area contributed by atoms with E-state index in [0.717, 1.165) is 32.5 Å². The Hall–Kier alpha value is -1.14. The van der Waals surface area contributed by atoms with E-state index in [2.05, 4.69) is 27.4 Å². The lowest BCUT2D eigenvalue weighted by Gasteiger charge is -2.32. The Balaban J connectivity index is 1.78. The lowest BCUT2D eigenvalue weighted by Crippen LogP contribution is -2.48. The molecular formula is C11H18N4OS. The molecule has 0 aliphatic carbocycles. The summed E-state index contributed by atoms with van der Waals surface area (Å²) < 4.78 is 0. The van der Waals surface area contributed by atoms with Gasteiger partial charge in [0.15, 0.2) is 5.13 Å². The molecule has 1 aliphatic rings. The highest BCUT2D eigenvalue weighted by Crippen LogP contribution is 2.12. The van der Waals surface area contributed by atoms with E-state index in [9.17, 15) is 4.79 Å². The van der Waals surface area contributed by atoms with Gasteiger partial charge in [-0.05, 0) is 25.9 Å². The van der Waals surface area contributed by atoms with Crippen molar-refractivity contribution >= 4 is 22.5 Å². The van der Waals surface area contributed by atoms with Gasteiger partial charge in [-0.1, -0.05) is 6.92 Å². The molecule has 1 aromatic rings. The molecule has 1 unspecified atom stereocenters. The number of urea groups is 1. The lowest BCUT2D eigenvalue weighted by atomic mass is 10.1. The Morgan fingerprint density at radius 3 is 3.29 bits per heavy atom. The Bertz CT molecular complexity index is 354. The molecule has 2 rings (SSSR count). The molecule has 0 bridgehead atoms. The number of carbonyl (C=O) groups is 1. The number of piperidine rings is 1. The summed E-state index contributed by atoms with van der Waals surface area (Å²) in [6, 6.07) is 0.103. The van der Waals surface area contributed by atoms with Crippen LogP contribution in [-0.4, -0.2) is 41.6 Å². The van der Waals surface area contributed by atoms with Crippen LogP contribution in [0, 0.1) is 0 Å². The molecule has 6 heteroatoms. The van der Waals surface area contributed by atoms with Crippen molar-refractivity contribution in [3.63, 3.8) is 0 Å². The fraction of sp³-hybridized carbons (Fsp3) is 0.636. The average Bonchev–Trinajstić information content (AvgIpc) is 2.82. The Labute approximate surface area is 105 Å². The van der Waals surface area contributed by atoms with Crippen LogP contribution in [0.2, 0.25) is 0 Å². The minimum Gasteiger partial charge on any atom is -0.334 e. The number of anilines is 1. The molecule has 2 heterocycles. The molecule has 0 aromatic carbocycles. The van der Waals surface area contributed by atoms with Crippen molar-refractivity contribution < 1.29 is 4.79 Å². The summed E-state index contributed by atoms with van der Waals surface area (Å²) in [6.45, 7) is 5.29. The third kappa shape index (κ3) is 3.67. The first-order chi connectivity index (χ1) is 8.28. The van der Waals surface area contributed by atoms with Crippen molar-refractivity contribution in [3.8, 4) is 0 Å². The zero-order chi connectivity index (χ0) is 12.1. The maximum atomic E-state index is 11.7. The Kier molecular flexibility index (Phi) is 4.33. The molecule has 0 saturated carbocycles. The van der Waals surface area contributed by atoms with Gasteiger partial charge in [0.1, 0.15) is 0 Å². The van der Waals surface area contributed by atoms with Gasteiger partial charge in [0, 0.05) is 24.2 Å². The number of nitrogens with zero attached hydrogens (tertiary/aromatic N) is 2. The normalized spacial score (nSPS) is 21.1.